The molecule has 1 aliphatic heterocycles. The molecule has 0 saturated carbocycles. The first-order valence-corrected chi connectivity index (χ1v) is 10.5. The van der Waals surface area contributed by atoms with E-state index in [0.717, 1.165) is 37.2 Å². The second-order valence-corrected chi connectivity index (χ2v) is 8.49. The van der Waals surface area contributed by atoms with Gasteiger partial charge in [0.15, 0.2) is 0 Å². The van der Waals surface area contributed by atoms with E-state index in [0.29, 0.717) is 22.5 Å². The van der Waals surface area contributed by atoms with Crippen molar-refractivity contribution in [2.75, 3.05) is 25.5 Å². The Morgan fingerprint density at radius 3 is 2.55 bits per heavy atom. The molecule has 3 aromatic rings. The number of pyridine rings is 1. The number of benzene rings is 2. The fourth-order valence-electron chi connectivity index (χ4n) is 4.31. The molecule has 4 rings (SSSR count). The number of hydrogen-bond donors (Lipinski definition) is 1. The van der Waals surface area contributed by atoms with Gasteiger partial charge in [0, 0.05) is 23.5 Å². The molecule has 0 unspecified atom stereocenters. The van der Waals surface area contributed by atoms with Gasteiger partial charge in [0.05, 0.1) is 23.7 Å². The van der Waals surface area contributed by atoms with Crippen LogP contribution in [-0.4, -0.2) is 35.5 Å². The van der Waals surface area contributed by atoms with Gasteiger partial charge in [-0.15, -0.1) is 0 Å². The lowest BCUT2D eigenvalue weighted by Gasteiger charge is -2.17. The fourth-order valence-corrected chi connectivity index (χ4v) is 4.31. The smallest absolute Gasteiger partial charge is 0.325 e. The van der Waals surface area contributed by atoms with Gasteiger partial charge in [-0.2, -0.15) is 13.2 Å². The zero-order valence-corrected chi connectivity index (χ0v) is 18.2. The SMILES string of the molecule is Cc1ccc2c(=O)n([C@H]3CCN(C)C3)ccc2c1NC(=O)Cc1ccc(C(F)(F)F)c(F)c1. The molecular formula is C24H23F4N3O2. The van der Waals surface area contributed by atoms with E-state index in [1.807, 2.05) is 7.05 Å². The predicted molar refractivity (Wildman–Crippen MR) is 118 cm³/mol. The van der Waals surface area contributed by atoms with Gasteiger partial charge in [0.1, 0.15) is 5.82 Å². The summed E-state index contributed by atoms with van der Waals surface area (Å²) in [5.74, 6) is -1.95. The zero-order chi connectivity index (χ0) is 23.9. The maximum atomic E-state index is 13.8. The number of amides is 1. The number of carbonyl (C=O) groups excluding carboxylic acids is 1. The largest absolute Gasteiger partial charge is 0.419 e. The first kappa shape index (κ1) is 23.0. The van der Waals surface area contributed by atoms with Gasteiger partial charge in [-0.3, -0.25) is 9.59 Å². The summed E-state index contributed by atoms with van der Waals surface area (Å²) in [6, 6.07) is 7.76. The third kappa shape index (κ3) is 4.64. The monoisotopic (exact) mass is 461 g/mol. The lowest BCUT2D eigenvalue weighted by molar-refractivity contribution is -0.140. The number of fused-ring (bicyclic) bond motifs is 1. The molecule has 0 spiro atoms. The second kappa shape index (κ2) is 8.62. The summed E-state index contributed by atoms with van der Waals surface area (Å²) in [6.07, 6.45) is -2.50. The van der Waals surface area contributed by atoms with Crippen LogP contribution >= 0.6 is 0 Å². The fraction of sp³-hybridized carbons (Fsp3) is 0.333. The highest BCUT2D eigenvalue weighted by Crippen LogP contribution is 2.32. The van der Waals surface area contributed by atoms with E-state index in [9.17, 15) is 27.2 Å². The number of nitrogens with one attached hydrogen (secondary N) is 1. The Hall–Kier alpha value is -3.20. The summed E-state index contributed by atoms with van der Waals surface area (Å²) in [6.45, 7) is 3.48. The molecule has 9 heteroatoms. The summed E-state index contributed by atoms with van der Waals surface area (Å²) in [7, 11) is 2.01. The molecule has 1 saturated heterocycles. The minimum absolute atomic E-state index is 0.0841. The summed E-state index contributed by atoms with van der Waals surface area (Å²) < 4.78 is 53.8. The standard InChI is InChI=1S/C24H23F4N3O2/c1-14-3-5-18-17(8-10-31(23(18)33)16-7-9-30(2)13-16)22(14)29-21(32)12-15-4-6-19(20(25)11-15)24(26,27)28/h3-6,8,10-11,16H,7,9,12-13H2,1-2H3,(H,29,32)/t16-/m0/s1. The minimum atomic E-state index is -4.80. The number of aryl methyl sites for hydroxylation is 1. The van der Waals surface area contributed by atoms with Crippen molar-refractivity contribution in [2.45, 2.75) is 32.0 Å². The lowest BCUT2D eigenvalue weighted by atomic mass is 10.0. The molecular weight excluding hydrogens is 438 g/mol. The maximum Gasteiger partial charge on any atom is 0.419 e. The van der Waals surface area contributed by atoms with Crippen molar-refractivity contribution in [1.82, 2.24) is 9.47 Å². The maximum absolute atomic E-state index is 13.8. The number of likely N-dealkylation sites (N-methyl/N-ethyl adjacent to an activating group) is 1. The predicted octanol–water partition coefficient (Wildman–Crippen LogP) is 4.53. The average Bonchev–Trinajstić information content (AvgIpc) is 3.15. The number of anilines is 1. The molecule has 174 valence electrons. The van der Waals surface area contributed by atoms with E-state index in [1.54, 1.807) is 35.9 Å². The van der Waals surface area contributed by atoms with Crippen LogP contribution < -0.4 is 10.9 Å². The summed E-state index contributed by atoms with van der Waals surface area (Å²) >= 11 is 0. The molecule has 1 amide bonds. The Morgan fingerprint density at radius 1 is 1.15 bits per heavy atom. The first-order valence-electron chi connectivity index (χ1n) is 10.5. The van der Waals surface area contributed by atoms with Crippen LogP contribution in [0.2, 0.25) is 0 Å². The Morgan fingerprint density at radius 2 is 1.91 bits per heavy atom. The molecule has 1 fully saturated rings. The van der Waals surface area contributed by atoms with E-state index in [1.165, 1.54) is 0 Å². The first-order chi connectivity index (χ1) is 15.5. The van der Waals surface area contributed by atoms with Crippen LogP contribution in [-0.2, 0) is 17.4 Å². The Balaban J connectivity index is 1.60. The van der Waals surface area contributed by atoms with Gasteiger partial charge in [-0.05, 0) is 62.3 Å². The van der Waals surface area contributed by atoms with Crippen molar-refractivity contribution >= 4 is 22.4 Å². The number of hydrogen-bond acceptors (Lipinski definition) is 3. The minimum Gasteiger partial charge on any atom is -0.325 e. The van der Waals surface area contributed by atoms with Gasteiger partial charge in [0.25, 0.3) is 5.56 Å². The van der Waals surface area contributed by atoms with E-state index in [-0.39, 0.29) is 23.6 Å². The molecule has 0 bridgehead atoms. The Labute approximate surface area is 187 Å². The van der Waals surface area contributed by atoms with Crippen molar-refractivity contribution in [2.24, 2.45) is 0 Å². The molecule has 1 aliphatic rings. The van der Waals surface area contributed by atoms with E-state index in [2.05, 4.69) is 10.2 Å². The molecule has 2 heterocycles. The summed E-state index contributed by atoms with van der Waals surface area (Å²) in [5, 5.41) is 3.79. The second-order valence-electron chi connectivity index (χ2n) is 8.49. The number of nitrogens with zero attached hydrogens (tertiary/aromatic N) is 2. The highest BCUT2D eigenvalue weighted by Gasteiger charge is 2.34. The van der Waals surface area contributed by atoms with Gasteiger partial charge in [0.2, 0.25) is 5.91 Å². The molecule has 1 N–H and O–H groups in total. The number of halogens is 4. The van der Waals surface area contributed by atoms with Crippen LogP contribution in [0.4, 0.5) is 23.2 Å². The average molecular weight is 461 g/mol. The molecule has 5 nitrogen and oxygen atoms in total. The van der Waals surface area contributed by atoms with Gasteiger partial charge in [-0.25, -0.2) is 4.39 Å². The van der Waals surface area contributed by atoms with Crippen LogP contribution in [0.15, 0.2) is 47.4 Å². The highest BCUT2D eigenvalue weighted by atomic mass is 19.4. The van der Waals surface area contributed by atoms with Crippen LogP contribution in [0.5, 0.6) is 0 Å². The molecule has 1 aromatic heterocycles. The van der Waals surface area contributed by atoms with Crippen molar-refractivity contribution in [3.05, 3.63) is 75.5 Å². The number of alkyl halides is 3. The Kier molecular flexibility index (Phi) is 6.00. The third-order valence-electron chi connectivity index (χ3n) is 6.05. The molecule has 0 aliphatic carbocycles. The molecule has 33 heavy (non-hydrogen) atoms. The van der Waals surface area contributed by atoms with Crippen LogP contribution in [0.3, 0.4) is 0 Å². The molecule has 0 radical (unpaired) electrons. The van der Waals surface area contributed by atoms with Crippen LogP contribution in [0, 0.1) is 12.7 Å². The normalized spacial score (nSPS) is 17.0. The van der Waals surface area contributed by atoms with E-state index in [4.69, 9.17) is 0 Å². The van der Waals surface area contributed by atoms with Crippen molar-refractivity contribution < 1.29 is 22.4 Å². The van der Waals surface area contributed by atoms with Crippen molar-refractivity contribution in [3.8, 4) is 0 Å². The number of rotatable bonds is 4. The number of carbonyl (C=O) groups is 1. The van der Waals surface area contributed by atoms with Crippen molar-refractivity contribution in [1.29, 1.82) is 0 Å². The van der Waals surface area contributed by atoms with Gasteiger partial charge >= 0.3 is 6.18 Å². The molecule has 2 aromatic carbocycles. The summed E-state index contributed by atoms with van der Waals surface area (Å²) in [5.41, 5.74) is -0.220. The van der Waals surface area contributed by atoms with Crippen molar-refractivity contribution in [3.63, 3.8) is 0 Å². The van der Waals surface area contributed by atoms with Gasteiger partial charge < -0.3 is 14.8 Å². The topological polar surface area (TPSA) is 54.3 Å². The van der Waals surface area contributed by atoms with Crippen LogP contribution in [0.25, 0.3) is 10.8 Å². The number of likely N-dealkylation sites (tertiary alicyclic amines) is 1. The number of aromatic nitrogens is 1. The highest BCUT2D eigenvalue weighted by molar-refractivity contribution is 6.03. The Bertz CT molecular complexity index is 1280. The molecule has 1 atom stereocenters. The lowest BCUT2D eigenvalue weighted by Crippen LogP contribution is -2.26. The van der Waals surface area contributed by atoms with Crippen LogP contribution in [0.1, 0.15) is 29.2 Å². The van der Waals surface area contributed by atoms with E-state index >= 15 is 0 Å². The quantitative estimate of drug-likeness (QED) is 0.581. The zero-order valence-electron chi connectivity index (χ0n) is 18.2. The van der Waals surface area contributed by atoms with Gasteiger partial charge in [-0.1, -0.05) is 12.1 Å². The van der Waals surface area contributed by atoms with E-state index < -0.39 is 23.5 Å². The third-order valence-corrected chi connectivity index (χ3v) is 6.05. The summed E-state index contributed by atoms with van der Waals surface area (Å²) in [4.78, 5) is 27.9.